The van der Waals surface area contributed by atoms with Crippen LogP contribution < -0.4 is 5.32 Å². The lowest BCUT2D eigenvalue weighted by atomic mass is 9.96. The van der Waals surface area contributed by atoms with Crippen LogP contribution in [0, 0.1) is 5.92 Å². The van der Waals surface area contributed by atoms with Crippen LogP contribution in [-0.4, -0.2) is 41.7 Å². The quantitative estimate of drug-likeness (QED) is 0.471. The van der Waals surface area contributed by atoms with E-state index < -0.39 is 28.0 Å². The zero-order valence-electron chi connectivity index (χ0n) is 19.7. The molecule has 0 radical (unpaired) electrons. The molecule has 1 N–H and O–H groups in total. The lowest BCUT2D eigenvalue weighted by Gasteiger charge is -2.24. The number of aliphatic imine (C=N–C) groups is 1. The smallest absolute Gasteiger partial charge is 0.326 e. The monoisotopic (exact) mass is 518 g/mol. The summed E-state index contributed by atoms with van der Waals surface area (Å²) in [7, 11) is -3.30. The number of carbonyl (C=O) groups is 1. The van der Waals surface area contributed by atoms with Crippen LogP contribution in [0.15, 0.2) is 70.8 Å². The van der Waals surface area contributed by atoms with Gasteiger partial charge in [0.25, 0.3) is 0 Å². The van der Waals surface area contributed by atoms with E-state index >= 15 is 0 Å². The summed E-state index contributed by atoms with van der Waals surface area (Å²) >= 11 is 0. The van der Waals surface area contributed by atoms with E-state index in [9.17, 15) is 26.4 Å². The van der Waals surface area contributed by atoms with Crippen molar-refractivity contribution in [2.24, 2.45) is 10.9 Å². The van der Waals surface area contributed by atoms with Gasteiger partial charge in [0.15, 0.2) is 9.84 Å². The van der Waals surface area contributed by atoms with Crippen LogP contribution in [0.25, 0.3) is 10.9 Å². The van der Waals surface area contributed by atoms with Crippen molar-refractivity contribution >= 4 is 38.0 Å². The average Bonchev–Trinajstić information content (AvgIpc) is 3.26. The molecule has 0 bridgehead atoms. The first-order chi connectivity index (χ1) is 17.0. The minimum atomic E-state index is -4.33. The molecule has 2 heterocycles. The summed E-state index contributed by atoms with van der Waals surface area (Å²) in [4.78, 5) is 16.9. The zero-order chi connectivity index (χ0) is 26.1. The number of sulfone groups is 1. The van der Waals surface area contributed by atoms with Crippen LogP contribution in [0.4, 0.5) is 18.9 Å². The highest BCUT2D eigenvalue weighted by molar-refractivity contribution is 7.91. The van der Waals surface area contributed by atoms with Crippen molar-refractivity contribution in [3.8, 4) is 0 Å². The van der Waals surface area contributed by atoms with E-state index in [1.54, 1.807) is 55.1 Å². The Morgan fingerprint density at radius 1 is 1.19 bits per heavy atom. The van der Waals surface area contributed by atoms with E-state index in [0.29, 0.717) is 27.9 Å². The van der Waals surface area contributed by atoms with Crippen LogP contribution in [0.1, 0.15) is 31.9 Å². The summed E-state index contributed by atoms with van der Waals surface area (Å²) in [6.45, 7) is 3.33. The van der Waals surface area contributed by atoms with E-state index in [0.717, 1.165) is 6.08 Å². The fourth-order valence-corrected chi connectivity index (χ4v) is 4.93. The molecule has 0 saturated heterocycles. The zero-order valence-corrected chi connectivity index (χ0v) is 20.5. The van der Waals surface area contributed by atoms with Gasteiger partial charge in [-0.25, -0.2) is 8.42 Å². The predicted molar refractivity (Wildman–Crippen MR) is 132 cm³/mol. The molecule has 1 aliphatic heterocycles. The minimum Gasteiger partial charge on any atom is -0.326 e. The molecule has 1 aromatic heterocycles. The molecule has 2 aromatic carbocycles. The number of alkyl halides is 3. The van der Waals surface area contributed by atoms with Gasteiger partial charge in [-0.3, -0.25) is 14.5 Å². The molecule has 0 aliphatic carbocycles. The number of benzene rings is 2. The summed E-state index contributed by atoms with van der Waals surface area (Å²) in [6, 6.07) is 10.9. The van der Waals surface area contributed by atoms with Gasteiger partial charge in [-0.2, -0.15) is 18.3 Å². The van der Waals surface area contributed by atoms with Gasteiger partial charge in [-0.05, 0) is 42.8 Å². The van der Waals surface area contributed by atoms with Crippen molar-refractivity contribution in [1.29, 1.82) is 0 Å². The molecule has 2 atom stereocenters. The number of aromatic nitrogens is 2. The SMILES string of the molecule is CCS(=O)(=O)c1ccc(CC(=O)Nc2ccc3c(cnn3C(C)C3=NC=CC(C(F)(F)F)C3)c2)cc1. The Kier molecular flexibility index (Phi) is 7.03. The molecule has 1 aliphatic rings. The van der Waals surface area contributed by atoms with Crippen molar-refractivity contribution < 1.29 is 26.4 Å². The third-order valence-corrected chi connectivity index (χ3v) is 7.91. The van der Waals surface area contributed by atoms with Gasteiger partial charge in [-0.1, -0.05) is 25.1 Å². The molecule has 0 saturated carbocycles. The topological polar surface area (TPSA) is 93.4 Å². The van der Waals surface area contributed by atoms with Crippen molar-refractivity contribution in [3.63, 3.8) is 0 Å². The second-order valence-electron chi connectivity index (χ2n) is 8.63. The van der Waals surface area contributed by atoms with E-state index in [-0.39, 0.29) is 29.4 Å². The Morgan fingerprint density at radius 3 is 2.58 bits per heavy atom. The van der Waals surface area contributed by atoms with Crippen LogP contribution >= 0.6 is 0 Å². The number of allylic oxidation sites excluding steroid dienone is 1. The van der Waals surface area contributed by atoms with E-state index in [4.69, 9.17) is 0 Å². The Morgan fingerprint density at radius 2 is 1.92 bits per heavy atom. The summed E-state index contributed by atoms with van der Waals surface area (Å²) < 4.78 is 64.9. The van der Waals surface area contributed by atoms with Crippen LogP contribution in [0.2, 0.25) is 0 Å². The van der Waals surface area contributed by atoms with Gasteiger partial charge in [0.2, 0.25) is 5.91 Å². The van der Waals surface area contributed by atoms with Crippen LogP contribution in [0.5, 0.6) is 0 Å². The molecular weight excluding hydrogens is 493 g/mol. The first kappa shape index (κ1) is 25.6. The molecular formula is C25H25F3N4O3S. The second-order valence-corrected chi connectivity index (χ2v) is 10.9. The first-order valence-corrected chi connectivity index (χ1v) is 13.0. The maximum Gasteiger partial charge on any atom is 0.395 e. The highest BCUT2D eigenvalue weighted by Crippen LogP contribution is 2.34. The second kappa shape index (κ2) is 9.88. The number of hydrogen-bond donors (Lipinski definition) is 1. The van der Waals surface area contributed by atoms with Gasteiger partial charge < -0.3 is 5.32 Å². The Labute approximate surface area is 206 Å². The fourth-order valence-electron chi connectivity index (χ4n) is 4.04. The lowest BCUT2D eigenvalue weighted by molar-refractivity contribution is -0.159. The maximum atomic E-state index is 13.2. The summed E-state index contributed by atoms with van der Waals surface area (Å²) in [5.74, 6) is -1.84. The third-order valence-electron chi connectivity index (χ3n) is 6.16. The molecule has 0 fully saturated rings. The summed E-state index contributed by atoms with van der Waals surface area (Å²) in [5.41, 5.74) is 2.30. The number of fused-ring (bicyclic) bond motifs is 1. The highest BCUT2D eigenvalue weighted by Gasteiger charge is 2.40. The molecule has 190 valence electrons. The Hall–Kier alpha value is -3.47. The van der Waals surface area contributed by atoms with Crippen molar-refractivity contribution in [2.75, 3.05) is 11.1 Å². The number of carbonyl (C=O) groups excluding carboxylic acids is 1. The molecule has 0 spiro atoms. The van der Waals surface area contributed by atoms with E-state index in [1.807, 2.05) is 0 Å². The number of nitrogens with one attached hydrogen (secondary N) is 1. The van der Waals surface area contributed by atoms with Crippen molar-refractivity contribution in [1.82, 2.24) is 9.78 Å². The summed E-state index contributed by atoms with van der Waals surface area (Å²) in [5, 5.41) is 7.88. The maximum absolute atomic E-state index is 13.2. The van der Waals surface area contributed by atoms with Gasteiger partial charge in [0.05, 0.1) is 40.7 Å². The van der Waals surface area contributed by atoms with Crippen molar-refractivity contribution in [2.45, 2.75) is 43.8 Å². The Bertz CT molecular complexity index is 1440. The molecule has 2 unspecified atom stereocenters. The number of amides is 1. The standard InChI is InChI=1S/C25H25F3N4O3S/c1-3-36(34,35)21-7-4-17(5-8-21)12-24(33)31-20-6-9-23-18(13-20)15-30-32(23)16(2)22-14-19(10-11-29-22)25(26,27)28/h4-11,13,15-16,19H,3,12,14H2,1-2H3,(H,31,33). The normalized spacial score (nSPS) is 17.1. The number of halogens is 3. The number of hydrogen-bond acceptors (Lipinski definition) is 5. The molecule has 1 amide bonds. The van der Waals surface area contributed by atoms with E-state index in [1.165, 1.54) is 18.3 Å². The summed E-state index contributed by atoms with van der Waals surface area (Å²) in [6.07, 6.45) is -0.631. The van der Waals surface area contributed by atoms with Gasteiger partial charge in [0.1, 0.15) is 0 Å². The first-order valence-electron chi connectivity index (χ1n) is 11.4. The van der Waals surface area contributed by atoms with Crippen LogP contribution in [0.3, 0.4) is 0 Å². The van der Waals surface area contributed by atoms with Crippen molar-refractivity contribution in [3.05, 3.63) is 66.5 Å². The van der Waals surface area contributed by atoms with Gasteiger partial charge in [0, 0.05) is 29.4 Å². The minimum absolute atomic E-state index is 0.00388. The lowest BCUT2D eigenvalue weighted by Crippen LogP contribution is -2.29. The number of nitrogens with zero attached hydrogens (tertiary/aromatic N) is 3. The van der Waals surface area contributed by atoms with Gasteiger partial charge in [-0.15, -0.1) is 0 Å². The molecule has 36 heavy (non-hydrogen) atoms. The number of anilines is 1. The third kappa shape index (κ3) is 5.51. The molecule has 3 aromatic rings. The predicted octanol–water partition coefficient (Wildman–Crippen LogP) is 5.11. The Balaban J connectivity index is 1.44. The van der Waals surface area contributed by atoms with E-state index in [2.05, 4.69) is 15.4 Å². The molecule has 11 heteroatoms. The highest BCUT2D eigenvalue weighted by atomic mass is 32.2. The number of rotatable bonds is 7. The molecule has 4 rings (SSSR count). The van der Waals surface area contributed by atoms with Gasteiger partial charge >= 0.3 is 6.18 Å². The largest absolute Gasteiger partial charge is 0.395 e. The van der Waals surface area contributed by atoms with Crippen LogP contribution in [-0.2, 0) is 21.1 Å². The average molecular weight is 519 g/mol. The molecule has 7 nitrogen and oxygen atoms in total. The fraction of sp³-hybridized carbons (Fsp3) is 0.320.